The van der Waals surface area contributed by atoms with Gasteiger partial charge in [-0.3, -0.25) is 0 Å². The SMILES string of the molecule is COc1ccc(C)cc1C1CNCC12CCCC2. The average molecular weight is 245 g/mol. The summed E-state index contributed by atoms with van der Waals surface area (Å²) in [6, 6.07) is 6.61. The molecule has 2 heteroatoms. The van der Waals surface area contributed by atoms with Crippen LogP contribution >= 0.6 is 0 Å². The molecule has 1 unspecified atom stereocenters. The van der Waals surface area contributed by atoms with Crippen molar-refractivity contribution in [3.63, 3.8) is 0 Å². The van der Waals surface area contributed by atoms with Crippen molar-refractivity contribution in [2.24, 2.45) is 5.41 Å². The Bertz CT molecular complexity index is 429. The third kappa shape index (κ3) is 1.83. The third-order valence-electron chi connectivity index (χ3n) is 4.92. The first-order valence-corrected chi connectivity index (χ1v) is 7.10. The van der Waals surface area contributed by atoms with E-state index in [4.69, 9.17) is 4.74 Å². The van der Waals surface area contributed by atoms with E-state index in [1.165, 1.54) is 43.4 Å². The molecule has 2 aliphatic rings. The minimum atomic E-state index is 0.501. The van der Waals surface area contributed by atoms with E-state index < -0.39 is 0 Å². The number of hydrogen-bond acceptors (Lipinski definition) is 2. The van der Waals surface area contributed by atoms with E-state index in [2.05, 4.69) is 30.4 Å². The molecule has 1 aliphatic heterocycles. The van der Waals surface area contributed by atoms with E-state index in [0.717, 1.165) is 12.3 Å². The van der Waals surface area contributed by atoms with Crippen molar-refractivity contribution in [3.05, 3.63) is 29.3 Å². The zero-order chi connectivity index (χ0) is 12.6. The van der Waals surface area contributed by atoms with Gasteiger partial charge in [0.1, 0.15) is 5.75 Å². The Balaban J connectivity index is 2.00. The fourth-order valence-electron chi connectivity index (χ4n) is 3.98. The molecule has 0 bridgehead atoms. The molecule has 3 rings (SSSR count). The molecule has 1 saturated heterocycles. The summed E-state index contributed by atoms with van der Waals surface area (Å²) in [7, 11) is 1.79. The molecule has 2 fully saturated rings. The average Bonchev–Trinajstić information content (AvgIpc) is 3.00. The largest absolute Gasteiger partial charge is 0.496 e. The Hall–Kier alpha value is -1.02. The molecule has 1 atom stereocenters. The van der Waals surface area contributed by atoms with Crippen LogP contribution in [-0.4, -0.2) is 20.2 Å². The van der Waals surface area contributed by atoms with Crippen molar-refractivity contribution in [2.75, 3.05) is 20.2 Å². The molecule has 2 nitrogen and oxygen atoms in total. The van der Waals surface area contributed by atoms with Gasteiger partial charge in [-0.2, -0.15) is 0 Å². The zero-order valence-electron chi connectivity index (χ0n) is 11.5. The van der Waals surface area contributed by atoms with Crippen LogP contribution in [0.25, 0.3) is 0 Å². The summed E-state index contributed by atoms with van der Waals surface area (Å²) in [5, 5.41) is 3.62. The number of hydrogen-bond donors (Lipinski definition) is 1. The lowest BCUT2D eigenvalue weighted by molar-refractivity contribution is 0.287. The highest BCUT2D eigenvalue weighted by Crippen LogP contribution is 2.52. The van der Waals surface area contributed by atoms with Gasteiger partial charge in [0.25, 0.3) is 0 Å². The molecular formula is C16H23NO. The Morgan fingerprint density at radius 2 is 2.06 bits per heavy atom. The summed E-state index contributed by atoms with van der Waals surface area (Å²) < 4.78 is 5.59. The van der Waals surface area contributed by atoms with Crippen LogP contribution in [0.1, 0.15) is 42.7 Å². The summed E-state index contributed by atoms with van der Waals surface area (Å²) in [6.45, 7) is 4.47. The summed E-state index contributed by atoms with van der Waals surface area (Å²) in [5.74, 6) is 1.70. The lowest BCUT2D eigenvalue weighted by atomic mass is 9.73. The normalized spacial score (nSPS) is 25.8. The first kappa shape index (κ1) is 12.0. The second-order valence-electron chi connectivity index (χ2n) is 6.00. The van der Waals surface area contributed by atoms with Gasteiger partial charge in [-0.25, -0.2) is 0 Å². The van der Waals surface area contributed by atoms with Gasteiger partial charge >= 0.3 is 0 Å². The predicted octanol–water partition coefficient (Wildman–Crippen LogP) is 3.25. The molecule has 1 heterocycles. The first-order chi connectivity index (χ1) is 8.75. The van der Waals surface area contributed by atoms with Gasteiger partial charge in [0.2, 0.25) is 0 Å². The molecule has 1 saturated carbocycles. The minimum absolute atomic E-state index is 0.501. The number of benzene rings is 1. The fraction of sp³-hybridized carbons (Fsp3) is 0.625. The van der Waals surface area contributed by atoms with Gasteiger partial charge in [-0.1, -0.05) is 30.5 Å². The Labute approximate surface area is 110 Å². The summed E-state index contributed by atoms with van der Waals surface area (Å²) in [5.41, 5.74) is 3.26. The van der Waals surface area contributed by atoms with Gasteiger partial charge in [0.05, 0.1) is 7.11 Å². The van der Waals surface area contributed by atoms with Gasteiger partial charge in [-0.05, 0) is 36.8 Å². The maximum absolute atomic E-state index is 5.59. The zero-order valence-corrected chi connectivity index (χ0v) is 11.5. The molecule has 1 aliphatic carbocycles. The van der Waals surface area contributed by atoms with Crippen molar-refractivity contribution in [1.29, 1.82) is 0 Å². The standard InChI is InChI=1S/C16H23NO/c1-12-5-6-15(18-2)13(9-12)14-10-17-11-16(14)7-3-4-8-16/h5-6,9,14,17H,3-4,7-8,10-11H2,1-2H3. The molecule has 1 aromatic rings. The third-order valence-corrected chi connectivity index (χ3v) is 4.92. The van der Waals surface area contributed by atoms with Gasteiger partial charge in [0, 0.05) is 19.0 Å². The predicted molar refractivity (Wildman–Crippen MR) is 74.2 cm³/mol. The number of methoxy groups -OCH3 is 1. The van der Waals surface area contributed by atoms with Crippen LogP contribution in [0.4, 0.5) is 0 Å². The van der Waals surface area contributed by atoms with Crippen molar-refractivity contribution in [3.8, 4) is 5.75 Å². The van der Waals surface area contributed by atoms with Crippen LogP contribution in [0, 0.1) is 12.3 Å². The van der Waals surface area contributed by atoms with Crippen molar-refractivity contribution < 1.29 is 4.74 Å². The topological polar surface area (TPSA) is 21.3 Å². The van der Waals surface area contributed by atoms with Crippen LogP contribution in [0.5, 0.6) is 5.75 Å². The Morgan fingerprint density at radius 3 is 2.78 bits per heavy atom. The van der Waals surface area contributed by atoms with Gasteiger partial charge < -0.3 is 10.1 Å². The number of aryl methyl sites for hydroxylation is 1. The Kier molecular flexibility index (Phi) is 3.06. The number of nitrogens with one attached hydrogen (secondary N) is 1. The summed E-state index contributed by atoms with van der Waals surface area (Å²) >= 11 is 0. The molecule has 0 amide bonds. The van der Waals surface area contributed by atoms with Crippen LogP contribution in [0.3, 0.4) is 0 Å². The minimum Gasteiger partial charge on any atom is -0.496 e. The number of ether oxygens (including phenoxy) is 1. The van der Waals surface area contributed by atoms with Crippen LogP contribution < -0.4 is 10.1 Å². The quantitative estimate of drug-likeness (QED) is 0.863. The summed E-state index contributed by atoms with van der Waals surface area (Å²) in [4.78, 5) is 0. The maximum Gasteiger partial charge on any atom is 0.122 e. The molecule has 1 spiro atoms. The monoisotopic (exact) mass is 245 g/mol. The molecule has 18 heavy (non-hydrogen) atoms. The van der Waals surface area contributed by atoms with E-state index in [1.807, 2.05) is 0 Å². The van der Waals surface area contributed by atoms with E-state index in [9.17, 15) is 0 Å². The second-order valence-corrected chi connectivity index (χ2v) is 6.00. The van der Waals surface area contributed by atoms with Crippen LogP contribution in [0.2, 0.25) is 0 Å². The van der Waals surface area contributed by atoms with Crippen LogP contribution in [-0.2, 0) is 0 Å². The lowest BCUT2D eigenvalue weighted by Crippen LogP contribution is -2.25. The van der Waals surface area contributed by atoms with Gasteiger partial charge in [-0.15, -0.1) is 0 Å². The molecule has 1 aromatic carbocycles. The maximum atomic E-state index is 5.59. The highest BCUT2D eigenvalue weighted by atomic mass is 16.5. The van der Waals surface area contributed by atoms with Gasteiger partial charge in [0.15, 0.2) is 0 Å². The molecule has 98 valence electrons. The molecule has 1 N–H and O–H groups in total. The van der Waals surface area contributed by atoms with E-state index in [-0.39, 0.29) is 0 Å². The second kappa shape index (κ2) is 4.58. The highest BCUT2D eigenvalue weighted by molar-refractivity contribution is 5.41. The lowest BCUT2D eigenvalue weighted by Gasteiger charge is -2.31. The Morgan fingerprint density at radius 1 is 1.28 bits per heavy atom. The molecular weight excluding hydrogens is 222 g/mol. The smallest absolute Gasteiger partial charge is 0.122 e. The van der Waals surface area contributed by atoms with E-state index >= 15 is 0 Å². The highest BCUT2D eigenvalue weighted by Gasteiger charge is 2.46. The van der Waals surface area contributed by atoms with Crippen molar-refractivity contribution in [2.45, 2.75) is 38.5 Å². The van der Waals surface area contributed by atoms with E-state index in [1.54, 1.807) is 7.11 Å². The van der Waals surface area contributed by atoms with Crippen molar-refractivity contribution >= 4 is 0 Å². The molecule has 0 radical (unpaired) electrons. The number of rotatable bonds is 2. The van der Waals surface area contributed by atoms with E-state index in [0.29, 0.717) is 11.3 Å². The van der Waals surface area contributed by atoms with Crippen LogP contribution in [0.15, 0.2) is 18.2 Å². The first-order valence-electron chi connectivity index (χ1n) is 7.10. The fourth-order valence-corrected chi connectivity index (χ4v) is 3.98. The van der Waals surface area contributed by atoms with Crippen molar-refractivity contribution in [1.82, 2.24) is 5.32 Å². The molecule has 0 aromatic heterocycles. The summed E-state index contributed by atoms with van der Waals surface area (Å²) in [6.07, 6.45) is 5.54.